The van der Waals surface area contributed by atoms with Gasteiger partial charge in [0.25, 0.3) is 0 Å². The first-order valence-electron chi connectivity index (χ1n) is 4.88. The van der Waals surface area contributed by atoms with Gasteiger partial charge in [0.1, 0.15) is 5.75 Å². The van der Waals surface area contributed by atoms with Crippen LogP contribution in [0.4, 0.5) is 13.2 Å². The normalized spacial score (nSPS) is 16.3. The lowest BCUT2D eigenvalue weighted by Crippen LogP contribution is -2.06. The van der Waals surface area contributed by atoms with Crippen molar-refractivity contribution < 1.29 is 17.9 Å². The van der Waals surface area contributed by atoms with Crippen molar-refractivity contribution >= 4 is 11.6 Å². The van der Waals surface area contributed by atoms with Crippen LogP contribution in [-0.2, 0) is 6.18 Å². The van der Waals surface area contributed by atoms with E-state index < -0.39 is 11.7 Å². The second kappa shape index (κ2) is 3.84. The van der Waals surface area contributed by atoms with Gasteiger partial charge >= 0.3 is 6.18 Å². The Balaban J connectivity index is 2.52. The molecule has 0 spiro atoms. The fourth-order valence-electron chi connectivity index (χ4n) is 1.69. The molecule has 1 aliphatic carbocycles. The summed E-state index contributed by atoms with van der Waals surface area (Å²) in [5, 5.41) is 0.0271. The molecule has 1 saturated carbocycles. The fourth-order valence-corrected chi connectivity index (χ4v) is 2.00. The van der Waals surface area contributed by atoms with E-state index in [4.69, 9.17) is 16.3 Å². The van der Waals surface area contributed by atoms with Crippen LogP contribution in [0.5, 0.6) is 5.75 Å². The zero-order valence-electron chi connectivity index (χ0n) is 8.57. The Bertz CT molecular complexity index is 410. The van der Waals surface area contributed by atoms with E-state index in [2.05, 4.69) is 0 Å². The predicted molar refractivity (Wildman–Crippen MR) is 55.0 cm³/mol. The molecule has 1 fully saturated rings. The van der Waals surface area contributed by atoms with Crippen LogP contribution in [0.25, 0.3) is 0 Å². The molecule has 0 radical (unpaired) electrons. The molecule has 0 saturated heterocycles. The lowest BCUT2D eigenvalue weighted by Gasteiger charge is -2.14. The largest absolute Gasteiger partial charge is 0.495 e. The molecule has 0 N–H and O–H groups in total. The van der Waals surface area contributed by atoms with E-state index in [-0.39, 0.29) is 10.9 Å². The van der Waals surface area contributed by atoms with E-state index in [0.717, 1.165) is 25.0 Å². The predicted octanol–water partition coefficient (Wildman–Crippen LogP) is 4.24. The van der Waals surface area contributed by atoms with Gasteiger partial charge in [0.05, 0.1) is 17.7 Å². The molecule has 0 amide bonds. The zero-order valence-corrected chi connectivity index (χ0v) is 9.32. The second-order valence-corrected chi connectivity index (χ2v) is 4.26. The van der Waals surface area contributed by atoms with Crippen LogP contribution in [0.1, 0.15) is 29.9 Å². The van der Waals surface area contributed by atoms with Gasteiger partial charge in [-0.25, -0.2) is 0 Å². The van der Waals surface area contributed by atoms with Crippen molar-refractivity contribution in [3.63, 3.8) is 0 Å². The topological polar surface area (TPSA) is 9.23 Å². The van der Waals surface area contributed by atoms with Gasteiger partial charge in [-0.05, 0) is 36.5 Å². The third kappa shape index (κ3) is 2.12. The Morgan fingerprint density at radius 2 is 1.94 bits per heavy atom. The highest BCUT2D eigenvalue weighted by atomic mass is 35.5. The number of methoxy groups -OCH3 is 1. The molecule has 0 heterocycles. The number of benzene rings is 1. The Kier molecular flexibility index (Phi) is 2.78. The lowest BCUT2D eigenvalue weighted by atomic mass is 10.1. The van der Waals surface area contributed by atoms with Crippen LogP contribution in [0.2, 0.25) is 5.02 Å². The minimum Gasteiger partial charge on any atom is -0.495 e. The molecule has 2 rings (SSSR count). The standard InChI is InChI=1S/C11H10ClF3O/c1-16-10-8(6-2-3-6)4-7(5-9(10)12)11(13,14)15/h4-6H,2-3H2,1H3. The molecule has 16 heavy (non-hydrogen) atoms. The van der Waals surface area contributed by atoms with Crippen molar-refractivity contribution in [2.75, 3.05) is 7.11 Å². The molecule has 0 aliphatic heterocycles. The summed E-state index contributed by atoms with van der Waals surface area (Å²) >= 11 is 5.79. The maximum Gasteiger partial charge on any atom is 0.416 e. The summed E-state index contributed by atoms with van der Waals surface area (Å²) in [5.41, 5.74) is -0.137. The molecule has 5 heteroatoms. The average molecular weight is 251 g/mol. The summed E-state index contributed by atoms with van der Waals surface area (Å²) in [7, 11) is 1.42. The van der Waals surface area contributed by atoms with Crippen LogP contribution in [-0.4, -0.2) is 7.11 Å². The molecule has 0 aromatic heterocycles. The van der Waals surface area contributed by atoms with Gasteiger partial charge in [0.2, 0.25) is 0 Å². The monoisotopic (exact) mass is 250 g/mol. The van der Waals surface area contributed by atoms with Gasteiger partial charge < -0.3 is 4.74 Å². The van der Waals surface area contributed by atoms with Gasteiger partial charge in [0.15, 0.2) is 0 Å². The van der Waals surface area contributed by atoms with Crippen molar-refractivity contribution in [1.82, 2.24) is 0 Å². The molecular weight excluding hydrogens is 241 g/mol. The van der Waals surface area contributed by atoms with Gasteiger partial charge in [-0.3, -0.25) is 0 Å². The number of ether oxygens (including phenoxy) is 1. The SMILES string of the molecule is COc1c(Cl)cc(C(F)(F)F)cc1C1CC1. The Morgan fingerprint density at radius 3 is 2.38 bits per heavy atom. The third-order valence-electron chi connectivity index (χ3n) is 2.62. The fraction of sp³-hybridized carbons (Fsp3) is 0.455. The number of hydrogen-bond donors (Lipinski definition) is 0. The number of halogens is 4. The van der Waals surface area contributed by atoms with E-state index in [1.807, 2.05) is 0 Å². The highest BCUT2D eigenvalue weighted by Crippen LogP contribution is 2.48. The highest BCUT2D eigenvalue weighted by molar-refractivity contribution is 6.32. The van der Waals surface area contributed by atoms with Gasteiger partial charge in [-0.15, -0.1) is 0 Å². The molecule has 1 nitrogen and oxygen atoms in total. The van der Waals surface area contributed by atoms with Gasteiger partial charge in [-0.2, -0.15) is 13.2 Å². The van der Waals surface area contributed by atoms with Crippen molar-refractivity contribution in [3.8, 4) is 5.75 Å². The summed E-state index contributed by atoms with van der Waals surface area (Å²) in [6.45, 7) is 0. The smallest absolute Gasteiger partial charge is 0.416 e. The average Bonchev–Trinajstić information content (AvgIpc) is 2.98. The van der Waals surface area contributed by atoms with Gasteiger partial charge in [-0.1, -0.05) is 11.6 Å². The Hall–Kier alpha value is -0.900. The van der Waals surface area contributed by atoms with E-state index in [1.165, 1.54) is 7.11 Å². The van der Waals surface area contributed by atoms with E-state index in [0.29, 0.717) is 11.3 Å². The summed E-state index contributed by atoms with van der Waals surface area (Å²) in [4.78, 5) is 0. The summed E-state index contributed by atoms with van der Waals surface area (Å²) in [6, 6.07) is 2.05. The van der Waals surface area contributed by atoms with Crippen LogP contribution >= 0.6 is 11.6 Å². The summed E-state index contributed by atoms with van der Waals surface area (Å²) < 4.78 is 42.7. The van der Waals surface area contributed by atoms with E-state index >= 15 is 0 Å². The first kappa shape index (κ1) is 11.6. The van der Waals surface area contributed by atoms with Gasteiger partial charge in [0, 0.05) is 0 Å². The lowest BCUT2D eigenvalue weighted by molar-refractivity contribution is -0.137. The Morgan fingerprint density at radius 1 is 1.31 bits per heavy atom. The van der Waals surface area contributed by atoms with E-state index in [9.17, 15) is 13.2 Å². The van der Waals surface area contributed by atoms with Crippen LogP contribution in [0.15, 0.2) is 12.1 Å². The van der Waals surface area contributed by atoms with Crippen LogP contribution in [0, 0.1) is 0 Å². The third-order valence-corrected chi connectivity index (χ3v) is 2.90. The van der Waals surface area contributed by atoms with Crippen LogP contribution in [0.3, 0.4) is 0 Å². The zero-order chi connectivity index (χ0) is 11.9. The van der Waals surface area contributed by atoms with Crippen molar-refractivity contribution in [3.05, 3.63) is 28.3 Å². The quantitative estimate of drug-likeness (QED) is 0.763. The highest BCUT2D eigenvalue weighted by Gasteiger charge is 2.35. The summed E-state index contributed by atoms with van der Waals surface area (Å²) in [6.07, 6.45) is -2.57. The molecule has 1 aliphatic rings. The minimum absolute atomic E-state index is 0.0271. The van der Waals surface area contributed by atoms with E-state index in [1.54, 1.807) is 0 Å². The number of alkyl halides is 3. The minimum atomic E-state index is -4.36. The molecule has 0 atom stereocenters. The second-order valence-electron chi connectivity index (χ2n) is 3.85. The van der Waals surface area contributed by atoms with Crippen molar-refractivity contribution in [2.45, 2.75) is 24.9 Å². The first-order valence-corrected chi connectivity index (χ1v) is 5.26. The number of rotatable bonds is 2. The molecule has 88 valence electrons. The summed E-state index contributed by atoms with van der Waals surface area (Å²) in [5.74, 6) is 0.534. The molecule has 1 aromatic carbocycles. The van der Waals surface area contributed by atoms with Crippen molar-refractivity contribution in [1.29, 1.82) is 0 Å². The van der Waals surface area contributed by atoms with Crippen molar-refractivity contribution in [2.24, 2.45) is 0 Å². The molecule has 1 aromatic rings. The molecule has 0 unspecified atom stereocenters. The maximum atomic E-state index is 12.6. The first-order chi connectivity index (χ1) is 7.43. The maximum absolute atomic E-state index is 12.6. The molecule has 0 bridgehead atoms. The van der Waals surface area contributed by atoms with Crippen LogP contribution < -0.4 is 4.74 Å². The number of hydrogen-bond acceptors (Lipinski definition) is 1. The molecular formula is C11H10ClF3O. The Labute approximate surface area is 96.2 Å².